The number of aliphatic carboxylic acids is 1. The third kappa shape index (κ3) is 4.82. The molecule has 0 saturated carbocycles. The zero-order valence-corrected chi connectivity index (χ0v) is 20.0. The lowest BCUT2D eigenvalue weighted by Crippen LogP contribution is -2.29. The number of benzene rings is 2. The van der Waals surface area contributed by atoms with E-state index in [-0.39, 0.29) is 18.9 Å². The van der Waals surface area contributed by atoms with E-state index < -0.39 is 5.97 Å². The summed E-state index contributed by atoms with van der Waals surface area (Å²) in [5, 5.41) is 9.85. The van der Waals surface area contributed by atoms with Gasteiger partial charge in [0.2, 0.25) is 5.88 Å². The van der Waals surface area contributed by atoms with Crippen molar-refractivity contribution in [3.8, 4) is 11.6 Å². The van der Waals surface area contributed by atoms with Crippen molar-refractivity contribution in [3.63, 3.8) is 0 Å². The molecule has 33 heavy (non-hydrogen) atoms. The van der Waals surface area contributed by atoms with E-state index in [1.165, 1.54) is 22.2 Å². The maximum absolute atomic E-state index is 13.0. The van der Waals surface area contributed by atoms with E-state index >= 15 is 0 Å². The van der Waals surface area contributed by atoms with Gasteiger partial charge in [-0.2, -0.15) is 0 Å². The van der Waals surface area contributed by atoms with E-state index in [2.05, 4.69) is 6.92 Å². The summed E-state index contributed by atoms with van der Waals surface area (Å²) >= 11 is 6.63. The average Bonchev–Trinajstić information content (AvgIpc) is 3.22. The standard InChI is InChI=1S/C25H24N2O4S2/c1-3-16-10-12-17(13-11-16)31-24-19(18-7-4-5-8-20(18)26(24)2)15-21-23(30)27(25(32)33-21)14-6-9-22(28)29/h4-5,7-8,10-13,15H,3,6,9,14H2,1-2H3,(H,28,29)/b21-15-. The molecule has 1 fully saturated rings. The first-order valence-electron chi connectivity index (χ1n) is 10.7. The van der Waals surface area contributed by atoms with Gasteiger partial charge in [0.25, 0.3) is 5.91 Å². The van der Waals surface area contributed by atoms with Gasteiger partial charge in [0, 0.05) is 31.0 Å². The summed E-state index contributed by atoms with van der Waals surface area (Å²) in [4.78, 5) is 25.8. The largest absolute Gasteiger partial charge is 0.481 e. The quantitative estimate of drug-likeness (QED) is 0.334. The van der Waals surface area contributed by atoms with Crippen molar-refractivity contribution < 1.29 is 19.4 Å². The number of thiocarbonyl (C=S) groups is 1. The van der Waals surface area contributed by atoms with Crippen LogP contribution in [0.15, 0.2) is 53.4 Å². The van der Waals surface area contributed by atoms with Crippen LogP contribution in [-0.2, 0) is 23.1 Å². The molecule has 1 aromatic heterocycles. The molecule has 1 aliphatic heterocycles. The Kier molecular flexibility index (Phi) is 6.85. The highest BCUT2D eigenvalue weighted by Crippen LogP contribution is 2.39. The smallest absolute Gasteiger partial charge is 0.303 e. The second-order valence-corrected chi connectivity index (χ2v) is 9.40. The minimum absolute atomic E-state index is 0.00571. The topological polar surface area (TPSA) is 71.8 Å². The minimum Gasteiger partial charge on any atom is -0.481 e. The summed E-state index contributed by atoms with van der Waals surface area (Å²) in [5.41, 5.74) is 3.02. The lowest BCUT2D eigenvalue weighted by molar-refractivity contribution is -0.137. The van der Waals surface area contributed by atoms with Crippen molar-refractivity contribution in [1.82, 2.24) is 9.47 Å². The number of aryl methyl sites for hydroxylation is 2. The summed E-state index contributed by atoms with van der Waals surface area (Å²) in [6.45, 7) is 2.40. The van der Waals surface area contributed by atoms with Gasteiger partial charge in [-0.05, 0) is 42.7 Å². The summed E-state index contributed by atoms with van der Waals surface area (Å²) in [5.74, 6) is 0.257. The van der Waals surface area contributed by atoms with Gasteiger partial charge < -0.3 is 14.4 Å². The molecular weight excluding hydrogens is 456 g/mol. The van der Waals surface area contributed by atoms with Gasteiger partial charge >= 0.3 is 5.97 Å². The Morgan fingerprint density at radius 3 is 2.61 bits per heavy atom. The molecule has 6 nitrogen and oxygen atoms in total. The van der Waals surface area contributed by atoms with Crippen molar-refractivity contribution in [2.24, 2.45) is 7.05 Å². The number of ether oxygens (including phenoxy) is 1. The predicted octanol–water partition coefficient (Wildman–Crippen LogP) is 5.60. The molecule has 0 atom stereocenters. The van der Waals surface area contributed by atoms with Crippen LogP contribution in [0.1, 0.15) is 30.9 Å². The Balaban J connectivity index is 1.70. The molecular formula is C25H24N2O4S2. The van der Waals surface area contributed by atoms with Gasteiger partial charge in [-0.3, -0.25) is 14.5 Å². The first-order valence-corrected chi connectivity index (χ1v) is 11.9. The fraction of sp³-hybridized carbons (Fsp3) is 0.240. The Bertz CT molecular complexity index is 1260. The summed E-state index contributed by atoms with van der Waals surface area (Å²) in [6.07, 6.45) is 3.13. The molecule has 0 bridgehead atoms. The number of fused-ring (bicyclic) bond motifs is 1. The third-order valence-electron chi connectivity index (χ3n) is 5.56. The number of carboxylic acids is 1. The molecule has 1 N–H and O–H groups in total. The van der Waals surface area contributed by atoms with Crippen LogP contribution in [0.4, 0.5) is 0 Å². The zero-order chi connectivity index (χ0) is 23.5. The van der Waals surface area contributed by atoms with E-state index in [1.54, 1.807) is 0 Å². The number of carbonyl (C=O) groups is 2. The molecule has 2 heterocycles. The average molecular weight is 481 g/mol. The van der Waals surface area contributed by atoms with Crippen molar-refractivity contribution in [2.45, 2.75) is 26.2 Å². The van der Waals surface area contributed by atoms with Crippen molar-refractivity contribution in [2.75, 3.05) is 6.54 Å². The van der Waals surface area contributed by atoms with Gasteiger partial charge in [-0.25, -0.2) is 0 Å². The summed E-state index contributed by atoms with van der Waals surface area (Å²) in [7, 11) is 1.94. The van der Waals surface area contributed by atoms with Gasteiger partial charge in [0.05, 0.1) is 10.4 Å². The van der Waals surface area contributed by atoms with Gasteiger partial charge in [-0.1, -0.05) is 61.2 Å². The number of thioether (sulfide) groups is 1. The molecule has 8 heteroatoms. The molecule has 170 valence electrons. The van der Waals surface area contributed by atoms with Crippen LogP contribution in [-0.4, -0.2) is 37.3 Å². The van der Waals surface area contributed by atoms with Crippen LogP contribution >= 0.6 is 24.0 Å². The minimum atomic E-state index is -0.888. The van der Waals surface area contributed by atoms with Crippen LogP contribution < -0.4 is 4.74 Å². The molecule has 0 spiro atoms. The molecule has 4 rings (SSSR count). The van der Waals surface area contributed by atoms with Crippen LogP contribution in [0.5, 0.6) is 11.6 Å². The zero-order valence-electron chi connectivity index (χ0n) is 18.4. The number of carbonyl (C=O) groups excluding carboxylic acids is 1. The lowest BCUT2D eigenvalue weighted by Gasteiger charge is -2.13. The number of hydrogen-bond donors (Lipinski definition) is 1. The monoisotopic (exact) mass is 480 g/mol. The van der Waals surface area contributed by atoms with E-state index in [0.717, 1.165) is 22.9 Å². The number of aromatic nitrogens is 1. The highest BCUT2D eigenvalue weighted by Gasteiger charge is 2.32. The maximum atomic E-state index is 13.0. The molecule has 2 aromatic carbocycles. The summed E-state index contributed by atoms with van der Waals surface area (Å²) in [6, 6.07) is 15.9. The second-order valence-electron chi connectivity index (χ2n) is 7.73. The first kappa shape index (κ1) is 23.1. The molecule has 0 aliphatic carbocycles. The third-order valence-corrected chi connectivity index (χ3v) is 6.94. The number of hydrogen-bond acceptors (Lipinski definition) is 5. The number of para-hydroxylation sites is 1. The molecule has 1 saturated heterocycles. The fourth-order valence-electron chi connectivity index (χ4n) is 3.78. The number of amides is 1. The molecule has 0 radical (unpaired) electrons. The van der Waals surface area contributed by atoms with E-state index in [0.29, 0.717) is 27.3 Å². The Morgan fingerprint density at radius 1 is 1.18 bits per heavy atom. The Labute approximate surface area is 201 Å². The number of nitrogens with zero attached hydrogens (tertiary/aromatic N) is 2. The van der Waals surface area contributed by atoms with Crippen LogP contribution in [0.3, 0.4) is 0 Å². The van der Waals surface area contributed by atoms with E-state index in [9.17, 15) is 9.59 Å². The first-order chi connectivity index (χ1) is 15.9. The number of carboxylic acid groups (broad SMARTS) is 1. The maximum Gasteiger partial charge on any atom is 0.303 e. The highest BCUT2D eigenvalue weighted by atomic mass is 32.2. The fourth-order valence-corrected chi connectivity index (χ4v) is 5.07. The van der Waals surface area contributed by atoms with Crippen molar-refractivity contribution >= 4 is 57.2 Å². The SMILES string of the molecule is CCc1ccc(Oc2c(/C=C3\SC(=S)N(CCCC(=O)O)C3=O)c3ccccc3n2C)cc1. The lowest BCUT2D eigenvalue weighted by atomic mass is 10.1. The van der Waals surface area contributed by atoms with Gasteiger partial charge in [-0.15, -0.1) is 0 Å². The predicted molar refractivity (Wildman–Crippen MR) is 136 cm³/mol. The normalized spacial score (nSPS) is 15.1. The van der Waals surface area contributed by atoms with Gasteiger partial charge in [0.1, 0.15) is 10.1 Å². The Hall–Kier alpha value is -3.10. The summed E-state index contributed by atoms with van der Waals surface area (Å²) < 4.78 is 8.72. The molecule has 3 aromatic rings. The Morgan fingerprint density at radius 2 is 1.91 bits per heavy atom. The van der Waals surface area contributed by atoms with Crippen LogP contribution in [0.2, 0.25) is 0 Å². The molecule has 1 amide bonds. The van der Waals surface area contributed by atoms with Crippen LogP contribution in [0, 0.1) is 0 Å². The molecule has 1 aliphatic rings. The number of rotatable bonds is 8. The van der Waals surface area contributed by atoms with Crippen molar-refractivity contribution in [3.05, 3.63) is 64.6 Å². The van der Waals surface area contributed by atoms with E-state index in [1.807, 2.05) is 66.2 Å². The van der Waals surface area contributed by atoms with Gasteiger partial charge in [0.15, 0.2) is 0 Å². The molecule has 0 unspecified atom stereocenters. The highest BCUT2D eigenvalue weighted by molar-refractivity contribution is 8.26. The van der Waals surface area contributed by atoms with Crippen LogP contribution in [0.25, 0.3) is 17.0 Å². The van der Waals surface area contributed by atoms with Crippen molar-refractivity contribution in [1.29, 1.82) is 0 Å². The second kappa shape index (κ2) is 9.80. The van der Waals surface area contributed by atoms with E-state index in [4.69, 9.17) is 22.1 Å².